The Hall–Kier alpha value is -2.64. The summed E-state index contributed by atoms with van der Waals surface area (Å²) in [4.78, 5) is 55.5. The number of imidazole rings is 1. The maximum absolute atomic E-state index is 12.8. The molecule has 174 valence electrons. The SMILES string of the molecule is CC(N)C(=O)NC(CS)C(=O)NC(Cc1cnc[nH]1)C(=O)NC(CCCCN)C(=O)O. The van der Waals surface area contributed by atoms with Crippen molar-refractivity contribution in [2.45, 2.75) is 56.8 Å². The molecule has 0 spiro atoms. The van der Waals surface area contributed by atoms with E-state index in [0.717, 1.165) is 0 Å². The molecule has 13 heteroatoms. The van der Waals surface area contributed by atoms with Gasteiger partial charge in [-0.25, -0.2) is 9.78 Å². The van der Waals surface area contributed by atoms with Crippen LogP contribution >= 0.6 is 12.6 Å². The number of rotatable bonds is 14. The van der Waals surface area contributed by atoms with E-state index in [0.29, 0.717) is 25.1 Å². The molecule has 0 saturated carbocycles. The third-order valence-corrected chi connectivity index (χ3v) is 4.77. The molecule has 0 aliphatic carbocycles. The molecule has 0 saturated heterocycles. The van der Waals surface area contributed by atoms with Gasteiger partial charge in [-0.1, -0.05) is 0 Å². The number of carboxylic acid groups (broad SMARTS) is 1. The lowest BCUT2D eigenvalue weighted by Gasteiger charge is -2.24. The quantitative estimate of drug-likeness (QED) is 0.114. The largest absolute Gasteiger partial charge is 0.480 e. The van der Waals surface area contributed by atoms with Gasteiger partial charge in [0.1, 0.15) is 18.1 Å². The van der Waals surface area contributed by atoms with E-state index in [1.165, 1.54) is 19.4 Å². The van der Waals surface area contributed by atoms with Crippen LogP contribution in [0.25, 0.3) is 0 Å². The Balaban J connectivity index is 2.91. The molecule has 1 rings (SSSR count). The molecule has 0 aliphatic rings. The van der Waals surface area contributed by atoms with E-state index in [-0.39, 0.29) is 18.6 Å². The summed E-state index contributed by atoms with van der Waals surface area (Å²) < 4.78 is 0. The minimum absolute atomic E-state index is 0.0282. The molecule has 3 amide bonds. The van der Waals surface area contributed by atoms with E-state index < -0.39 is 47.9 Å². The normalized spacial score (nSPS) is 14.7. The summed E-state index contributed by atoms with van der Waals surface area (Å²) in [6, 6.07) is -4.10. The van der Waals surface area contributed by atoms with E-state index in [1.807, 2.05) is 0 Å². The van der Waals surface area contributed by atoms with Gasteiger partial charge in [-0.3, -0.25) is 14.4 Å². The topological polar surface area (TPSA) is 205 Å². The van der Waals surface area contributed by atoms with Crippen LogP contribution in [0.4, 0.5) is 0 Å². The van der Waals surface area contributed by atoms with E-state index in [2.05, 4.69) is 38.5 Å². The number of nitrogens with one attached hydrogen (secondary N) is 4. The third-order valence-electron chi connectivity index (χ3n) is 4.40. The van der Waals surface area contributed by atoms with Gasteiger partial charge in [-0.05, 0) is 32.7 Å². The molecular formula is C18H31N7O5S. The van der Waals surface area contributed by atoms with Gasteiger partial charge in [0.05, 0.1) is 12.4 Å². The molecule has 1 heterocycles. The van der Waals surface area contributed by atoms with Crippen LogP contribution < -0.4 is 27.4 Å². The summed E-state index contributed by atoms with van der Waals surface area (Å²) in [7, 11) is 0. The van der Waals surface area contributed by atoms with E-state index >= 15 is 0 Å². The minimum atomic E-state index is -1.19. The number of nitrogens with two attached hydrogens (primary N) is 2. The fourth-order valence-electron chi connectivity index (χ4n) is 2.62. The highest BCUT2D eigenvalue weighted by atomic mass is 32.1. The summed E-state index contributed by atoms with van der Waals surface area (Å²) in [5, 5.41) is 16.9. The maximum atomic E-state index is 12.8. The van der Waals surface area contributed by atoms with Crippen LogP contribution in [0.15, 0.2) is 12.5 Å². The van der Waals surface area contributed by atoms with Gasteiger partial charge in [0.25, 0.3) is 0 Å². The molecule has 9 N–H and O–H groups in total. The third kappa shape index (κ3) is 9.36. The van der Waals surface area contributed by atoms with Crippen LogP contribution in [-0.2, 0) is 25.6 Å². The number of unbranched alkanes of at least 4 members (excludes halogenated alkanes) is 1. The summed E-state index contributed by atoms with van der Waals surface area (Å²) >= 11 is 4.07. The first-order valence-corrected chi connectivity index (χ1v) is 10.5. The zero-order valence-electron chi connectivity index (χ0n) is 17.3. The van der Waals surface area contributed by atoms with E-state index in [4.69, 9.17) is 11.5 Å². The van der Waals surface area contributed by atoms with Gasteiger partial charge in [0.15, 0.2) is 0 Å². The van der Waals surface area contributed by atoms with Crippen molar-refractivity contribution in [2.75, 3.05) is 12.3 Å². The molecule has 0 aromatic carbocycles. The molecule has 4 unspecified atom stereocenters. The predicted molar refractivity (Wildman–Crippen MR) is 116 cm³/mol. The number of thiol groups is 1. The zero-order valence-corrected chi connectivity index (χ0v) is 18.2. The van der Waals surface area contributed by atoms with Crippen LogP contribution in [0.5, 0.6) is 0 Å². The molecule has 0 bridgehead atoms. The summed E-state index contributed by atoms with van der Waals surface area (Å²) in [5.74, 6) is -3.10. The van der Waals surface area contributed by atoms with Crippen LogP contribution in [0, 0.1) is 0 Å². The highest BCUT2D eigenvalue weighted by molar-refractivity contribution is 7.80. The van der Waals surface area contributed by atoms with Crippen LogP contribution in [0.1, 0.15) is 31.9 Å². The van der Waals surface area contributed by atoms with Crippen molar-refractivity contribution in [3.8, 4) is 0 Å². The molecule has 0 radical (unpaired) electrons. The van der Waals surface area contributed by atoms with Crippen LogP contribution in [-0.4, -0.2) is 75.2 Å². The number of aromatic amines is 1. The number of hydrogen-bond donors (Lipinski definition) is 8. The van der Waals surface area contributed by atoms with Crippen molar-refractivity contribution in [1.29, 1.82) is 0 Å². The first kappa shape index (κ1) is 26.4. The first-order chi connectivity index (χ1) is 14.7. The number of carbonyl (C=O) groups is 4. The van der Waals surface area contributed by atoms with Crippen molar-refractivity contribution in [1.82, 2.24) is 25.9 Å². The Morgan fingerprint density at radius 1 is 1.10 bits per heavy atom. The monoisotopic (exact) mass is 457 g/mol. The molecule has 0 fully saturated rings. The van der Waals surface area contributed by atoms with Crippen LogP contribution in [0.3, 0.4) is 0 Å². The number of H-pyrrole nitrogens is 1. The Bertz CT molecular complexity index is 729. The van der Waals surface area contributed by atoms with Gasteiger partial charge in [-0.15, -0.1) is 0 Å². The highest BCUT2D eigenvalue weighted by Gasteiger charge is 2.29. The fourth-order valence-corrected chi connectivity index (χ4v) is 2.87. The molecular weight excluding hydrogens is 426 g/mol. The van der Waals surface area contributed by atoms with Gasteiger partial charge in [0, 0.05) is 24.1 Å². The Morgan fingerprint density at radius 2 is 1.71 bits per heavy atom. The van der Waals surface area contributed by atoms with Crippen LogP contribution in [0.2, 0.25) is 0 Å². The second kappa shape index (κ2) is 13.6. The van der Waals surface area contributed by atoms with Crippen molar-refractivity contribution >= 4 is 36.3 Å². The Kier molecular flexibility index (Phi) is 11.6. The molecule has 12 nitrogen and oxygen atoms in total. The van der Waals surface area contributed by atoms with E-state index in [9.17, 15) is 24.3 Å². The zero-order chi connectivity index (χ0) is 23.4. The van der Waals surface area contributed by atoms with Gasteiger partial charge in [0.2, 0.25) is 17.7 Å². The Morgan fingerprint density at radius 3 is 2.23 bits per heavy atom. The fraction of sp³-hybridized carbons (Fsp3) is 0.611. The van der Waals surface area contributed by atoms with Gasteiger partial charge < -0.3 is 37.5 Å². The summed E-state index contributed by atoms with van der Waals surface area (Å²) in [5.41, 5.74) is 11.5. The smallest absolute Gasteiger partial charge is 0.326 e. The highest BCUT2D eigenvalue weighted by Crippen LogP contribution is 2.05. The minimum Gasteiger partial charge on any atom is -0.480 e. The van der Waals surface area contributed by atoms with Crippen molar-refractivity contribution in [3.05, 3.63) is 18.2 Å². The number of nitrogens with zero attached hydrogens (tertiary/aromatic N) is 1. The lowest BCUT2D eigenvalue weighted by Crippen LogP contribution is -2.58. The average Bonchev–Trinajstić information content (AvgIpc) is 3.23. The summed E-state index contributed by atoms with van der Waals surface area (Å²) in [6.45, 7) is 1.88. The lowest BCUT2D eigenvalue weighted by atomic mass is 10.1. The second-order valence-corrected chi connectivity index (χ2v) is 7.42. The first-order valence-electron chi connectivity index (χ1n) is 9.87. The molecule has 0 aliphatic heterocycles. The molecule has 1 aromatic rings. The van der Waals surface area contributed by atoms with Gasteiger partial charge in [-0.2, -0.15) is 12.6 Å². The lowest BCUT2D eigenvalue weighted by molar-refractivity contribution is -0.142. The molecule has 1 aromatic heterocycles. The second-order valence-electron chi connectivity index (χ2n) is 7.06. The number of amides is 3. The Labute approximate surface area is 185 Å². The van der Waals surface area contributed by atoms with Crippen molar-refractivity contribution in [2.24, 2.45) is 11.5 Å². The number of carbonyl (C=O) groups excluding carboxylic acids is 3. The maximum Gasteiger partial charge on any atom is 0.326 e. The predicted octanol–water partition coefficient (Wildman–Crippen LogP) is -2.10. The molecule has 4 atom stereocenters. The number of hydrogen-bond acceptors (Lipinski definition) is 8. The molecule has 31 heavy (non-hydrogen) atoms. The average molecular weight is 458 g/mol. The number of aromatic nitrogens is 2. The number of carboxylic acids is 1. The van der Waals surface area contributed by atoms with Gasteiger partial charge >= 0.3 is 5.97 Å². The van der Waals surface area contributed by atoms with Crippen molar-refractivity contribution < 1.29 is 24.3 Å². The van der Waals surface area contributed by atoms with E-state index in [1.54, 1.807) is 0 Å². The number of aliphatic carboxylic acids is 1. The standard InChI is InChI=1S/C18H31N7O5S/c1-10(20)15(26)25-14(8-31)17(28)24-13(6-11-7-21-9-22-11)16(27)23-12(18(29)30)4-2-3-5-19/h7,9-10,12-14,31H,2-6,8,19-20H2,1H3,(H,21,22)(H,23,27)(H,24,28)(H,25,26)(H,29,30). The van der Waals surface area contributed by atoms with Crippen molar-refractivity contribution in [3.63, 3.8) is 0 Å². The summed E-state index contributed by atoms with van der Waals surface area (Å²) in [6.07, 6.45) is 4.28.